The van der Waals surface area contributed by atoms with Gasteiger partial charge in [-0.05, 0) is 36.2 Å². The van der Waals surface area contributed by atoms with Gasteiger partial charge in [0.15, 0.2) is 0 Å². The minimum atomic E-state index is -0.393. The maximum Gasteiger partial charge on any atom is 0.350 e. The van der Waals surface area contributed by atoms with Crippen LogP contribution in [-0.2, 0) is 4.74 Å². The van der Waals surface area contributed by atoms with Crippen molar-refractivity contribution in [2.75, 3.05) is 12.8 Å². The Morgan fingerprint density at radius 2 is 2.06 bits per heavy atom. The van der Waals surface area contributed by atoms with Gasteiger partial charge in [-0.3, -0.25) is 0 Å². The number of rotatable bonds is 2. The van der Waals surface area contributed by atoms with Gasteiger partial charge in [0.25, 0.3) is 0 Å². The number of benzene rings is 1. The van der Waals surface area contributed by atoms with Crippen LogP contribution >= 0.6 is 27.3 Å². The SMILES string of the molecule is COC(=O)c1sc(-c2cc(C)cc(Br)c2)cc1N. The fraction of sp³-hybridized carbons (Fsp3) is 0.154. The van der Waals surface area contributed by atoms with E-state index >= 15 is 0 Å². The number of esters is 1. The minimum Gasteiger partial charge on any atom is -0.465 e. The van der Waals surface area contributed by atoms with Crippen LogP contribution in [0.2, 0.25) is 0 Å². The van der Waals surface area contributed by atoms with Crippen LogP contribution in [0.1, 0.15) is 15.2 Å². The van der Waals surface area contributed by atoms with E-state index < -0.39 is 5.97 Å². The van der Waals surface area contributed by atoms with Gasteiger partial charge in [-0.15, -0.1) is 11.3 Å². The summed E-state index contributed by atoms with van der Waals surface area (Å²) in [6, 6.07) is 7.89. The van der Waals surface area contributed by atoms with E-state index in [9.17, 15) is 4.79 Å². The number of nitrogen functional groups attached to an aromatic ring is 1. The minimum absolute atomic E-state index is 0.393. The molecule has 1 aromatic heterocycles. The van der Waals surface area contributed by atoms with Crippen molar-refractivity contribution in [2.24, 2.45) is 0 Å². The van der Waals surface area contributed by atoms with Gasteiger partial charge in [-0.1, -0.05) is 22.0 Å². The van der Waals surface area contributed by atoms with E-state index in [0.29, 0.717) is 10.6 Å². The smallest absolute Gasteiger partial charge is 0.350 e. The molecule has 0 saturated heterocycles. The highest BCUT2D eigenvalue weighted by molar-refractivity contribution is 9.10. The van der Waals surface area contributed by atoms with Crippen LogP contribution in [0.3, 0.4) is 0 Å². The molecular weight excluding hydrogens is 314 g/mol. The van der Waals surface area contributed by atoms with Crippen LogP contribution in [0.4, 0.5) is 5.69 Å². The number of ether oxygens (including phenoxy) is 1. The molecule has 5 heteroatoms. The lowest BCUT2D eigenvalue weighted by atomic mass is 10.1. The molecule has 1 aromatic carbocycles. The van der Waals surface area contributed by atoms with Crippen molar-refractivity contribution in [3.63, 3.8) is 0 Å². The first-order chi connectivity index (χ1) is 8.51. The number of carbonyl (C=O) groups excluding carboxylic acids is 1. The zero-order valence-corrected chi connectivity index (χ0v) is 12.4. The lowest BCUT2D eigenvalue weighted by Gasteiger charge is -2.01. The predicted molar refractivity (Wildman–Crippen MR) is 77.9 cm³/mol. The molecule has 0 atom stereocenters. The highest BCUT2D eigenvalue weighted by Crippen LogP contribution is 2.35. The Hall–Kier alpha value is -1.33. The topological polar surface area (TPSA) is 52.3 Å². The molecule has 0 amide bonds. The zero-order chi connectivity index (χ0) is 13.3. The third kappa shape index (κ3) is 2.57. The van der Waals surface area contributed by atoms with Crippen LogP contribution in [0.25, 0.3) is 10.4 Å². The van der Waals surface area contributed by atoms with Crippen molar-refractivity contribution in [3.8, 4) is 10.4 Å². The number of anilines is 1. The molecule has 2 aromatic rings. The molecular formula is C13H12BrNO2S. The average molecular weight is 326 g/mol. The van der Waals surface area contributed by atoms with E-state index in [2.05, 4.69) is 22.0 Å². The van der Waals surface area contributed by atoms with E-state index in [1.807, 2.05) is 19.1 Å². The number of hydrogen-bond donors (Lipinski definition) is 1. The van der Waals surface area contributed by atoms with E-state index in [-0.39, 0.29) is 0 Å². The first-order valence-corrected chi connectivity index (χ1v) is 6.87. The fourth-order valence-corrected chi connectivity index (χ4v) is 3.27. The van der Waals surface area contributed by atoms with Crippen molar-refractivity contribution in [3.05, 3.63) is 39.2 Å². The second-order valence-corrected chi connectivity index (χ2v) is 5.87. The van der Waals surface area contributed by atoms with Gasteiger partial charge in [0, 0.05) is 9.35 Å². The van der Waals surface area contributed by atoms with Crippen LogP contribution in [0.5, 0.6) is 0 Å². The van der Waals surface area contributed by atoms with Gasteiger partial charge < -0.3 is 10.5 Å². The summed E-state index contributed by atoms with van der Waals surface area (Å²) in [6.45, 7) is 2.02. The molecule has 18 heavy (non-hydrogen) atoms. The quantitative estimate of drug-likeness (QED) is 0.853. The monoisotopic (exact) mass is 325 g/mol. The summed E-state index contributed by atoms with van der Waals surface area (Å²) in [5.74, 6) is -0.393. The molecule has 0 spiro atoms. The van der Waals surface area contributed by atoms with E-state index in [0.717, 1.165) is 20.5 Å². The highest BCUT2D eigenvalue weighted by Gasteiger charge is 2.15. The van der Waals surface area contributed by atoms with Crippen LogP contribution < -0.4 is 5.73 Å². The summed E-state index contributed by atoms with van der Waals surface area (Å²) in [5.41, 5.74) is 8.47. The number of hydrogen-bond acceptors (Lipinski definition) is 4. The molecule has 3 nitrogen and oxygen atoms in total. The van der Waals surface area contributed by atoms with Gasteiger partial charge in [0.2, 0.25) is 0 Å². The van der Waals surface area contributed by atoms with Crippen molar-refractivity contribution < 1.29 is 9.53 Å². The Bertz CT molecular complexity index is 587. The summed E-state index contributed by atoms with van der Waals surface area (Å²) >= 11 is 4.80. The molecule has 0 bridgehead atoms. The number of carbonyl (C=O) groups is 1. The number of aryl methyl sites for hydroxylation is 1. The largest absolute Gasteiger partial charge is 0.465 e. The average Bonchev–Trinajstić information content (AvgIpc) is 2.69. The van der Waals surface area contributed by atoms with Gasteiger partial charge in [0.1, 0.15) is 4.88 Å². The van der Waals surface area contributed by atoms with Gasteiger partial charge in [0.05, 0.1) is 12.8 Å². The van der Waals surface area contributed by atoms with Gasteiger partial charge in [-0.25, -0.2) is 4.79 Å². The molecule has 0 saturated carbocycles. The third-order valence-electron chi connectivity index (χ3n) is 2.46. The van der Waals surface area contributed by atoms with E-state index in [1.54, 1.807) is 6.07 Å². The molecule has 1 heterocycles. The number of methoxy groups -OCH3 is 1. The fourth-order valence-electron chi connectivity index (χ4n) is 1.68. The van der Waals surface area contributed by atoms with E-state index in [1.165, 1.54) is 18.4 Å². The molecule has 0 fully saturated rings. The second kappa shape index (κ2) is 5.12. The van der Waals surface area contributed by atoms with Crippen LogP contribution in [0, 0.1) is 6.92 Å². The number of thiophene rings is 1. The summed E-state index contributed by atoms with van der Waals surface area (Å²) < 4.78 is 5.70. The number of nitrogens with two attached hydrogens (primary N) is 1. The normalized spacial score (nSPS) is 10.4. The van der Waals surface area contributed by atoms with Gasteiger partial charge in [-0.2, -0.15) is 0 Å². The first kappa shape index (κ1) is 13.1. The van der Waals surface area contributed by atoms with Crippen LogP contribution in [-0.4, -0.2) is 13.1 Å². The third-order valence-corrected chi connectivity index (χ3v) is 4.10. The first-order valence-electron chi connectivity index (χ1n) is 5.26. The lowest BCUT2D eigenvalue weighted by molar-refractivity contribution is 0.0607. The van der Waals surface area contributed by atoms with Crippen molar-refractivity contribution in [1.29, 1.82) is 0 Å². The number of halogens is 1. The Morgan fingerprint density at radius 3 is 2.67 bits per heavy atom. The summed E-state index contributed by atoms with van der Waals surface area (Å²) in [7, 11) is 1.35. The summed E-state index contributed by atoms with van der Waals surface area (Å²) in [5, 5.41) is 0. The Kier molecular flexibility index (Phi) is 3.73. The predicted octanol–water partition coefficient (Wildman–Crippen LogP) is 3.85. The van der Waals surface area contributed by atoms with Crippen LogP contribution in [0.15, 0.2) is 28.7 Å². The lowest BCUT2D eigenvalue weighted by Crippen LogP contribution is -2.00. The van der Waals surface area contributed by atoms with E-state index in [4.69, 9.17) is 10.5 Å². The molecule has 0 aliphatic rings. The van der Waals surface area contributed by atoms with Gasteiger partial charge >= 0.3 is 5.97 Å². The molecule has 2 N–H and O–H groups in total. The maximum atomic E-state index is 11.5. The van der Waals surface area contributed by atoms with Crippen molar-refractivity contribution in [1.82, 2.24) is 0 Å². The standard InChI is InChI=1S/C13H12BrNO2S/c1-7-3-8(5-9(14)4-7)11-6-10(15)12(18-11)13(16)17-2/h3-6H,15H2,1-2H3. The van der Waals surface area contributed by atoms with Crippen molar-refractivity contribution >= 4 is 38.9 Å². The molecule has 0 aliphatic heterocycles. The molecule has 0 radical (unpaired) electrons. The van der Waals surface area contributed by atoms with Crippen molar-refractivity contribution in [2.45, 2.75) is 6.92 Å². The second-order valence-electron chi connectivity index (χ2n) is 3.90. The Morgan fingerprint density at radius 1 is 1.33 bits per heavy atom. The molecule has 0 unspecified atom stereocenters. The molecule has 0 aliphatic carbocycles. The zero-order valence-electron chi connectivity index (χ0n) is 9.99. The molecule has 94 valence electrons. The maximum absolute atomic E-state index is 11.5. The Balaban J connectivity index is 2.48. The Labute approximate surface area is 118 Å². The summed E-state index contributed by atoms with van der Waals surface area (Å²) in [4.78, 5) is 12.9. The highest BCUT2D eigenvalue weighted by atomic mass is 79.9. The summed E-state index contributed by atoms with van der Waals surface area (Å²) in [6.07, 6.45) is 0. The molecule has 2 rings (SSSR count).